The van der Waals surface area contributed by atoms with E-state index >= 15 is 0 Å². The zero-order chi connectivity index (χ0) is 22.4. The summed E-state index contributed by atoms with van der Waals surface area (Å²) < 4.78 is 25.4. The third-order valence-electron chi connectivity index (χ3n) is 5.54. The highest BCUT2D eigenvalue weighted by Crippen LogP contribution is 2.46. The Morgan fingerprint density at radius 2 is 2.10 bits per heavy atom. The molecule has 0 bridgehead atoms. The number of carbonyl (C=O) groups is 2. The summed E-state index contributed by atoms with van der Waals surface area (Å²) in [5.41, 5.74) is 0.742. The van der Waals surface area contributed by atoms with E-state index in [-0.39, 0.29) is 23.4 Å². The van der Waals surface area contributed by atoms with Crippen molar-refractivity contribution < 1.29 is 22.9 Å². The number of halogens is 1. The zero-order valence-corrected chi connectivity index (χ0v) is 18.6. The first-order chi connectivity index (χ1) is 14.7. The van der Waals surface area contributed by atoms with Crippen LogP contribution in [0.3, 0.4) is 0 Å². The Morgan fingerprint density at radius 1 is 1.32 bits per heavy atom. The number of aromatic nitrogens is 1. The van der Waals surface area contributed by atoms with Crippen molar-refractivity contribution in [3.63, 3.8) is 0 Å². The molecule has 1 aromatic heterocycles. The SMILES string of the molecule is CCOc1cc(N2C(=O)C(C)(C)c3cc(C(=O)NC4(C)CCOS4)ccc32)c(F)cn1. The van der Waals surface area contributed by atoms with E-state index in [0.29, 0.717) is 36.4 Å². The first kappa shape index (κ1) is 21.6. The van der Waals surface area contributed by atoms with Gasteiger partial charge in [-0.1, -0.05) is 0 Å². The third kappa shape index (κ3) is 3.76. The number of nitrogens with one attached hydrogen (secondary N) is 1. The first-order valence-corrected chi connectivity index (χ1v) is 10.8. The van der Waals surface area contributed by atoms with Crippen LogP contribution in [0.4, 0.5) is 15.8 Å². The van der Waals surface area contributed by atoms with E-state index in [2.05, 4.69) is 10.3 Å². The Labute approximate surface area is 184 Å². The summed E-state index contributed by atoms with van der Waals surface area (Å²) in [6.07, 6.45) is 1.75. The van der Waals surface area contributed by atoms with Gasteiger partial charge >= 0.3 is 0 Å². The van der Waals surface area contributed by atoms with Crippen LogP contribution in [0, 0.1) is 5.82 Å². The van der Waals surface area contributed by atoms with Crippen molar-refractivity contribution in [1.82, 2.24) is 10.3 Å². The molecule has 9 heteroatoms. The van der Waals surface area contributed by atoms with Crippen LogP contribution >= 0.6 is 12.0 Å². The van der Waals surface area contributed by atoms with Gasteiger partial charge in [-0.15, -0.1) is 0 Å². The molecule has 3 heterocycles. The lowest BCUT2D eigenvalue weighted by atomic mass is 9.85. The Kier molecular flexibility index (Phi) is 5.43. The topological polar surface area (TPSA) is 80.8 Å². The molecular weight excluding hydrogens is 421 g/mol. The summed E-state index contributed by atoms with van der Waals surface area (Å²) >= 11 is 1.24. The van der Waals surface area contributed by atoms with Gasteiger partial charge in [0.1, 0.15) is 4.87 Å². The second-order valence-corrected chi connectivity index (χ2v) is 9.55. The Bertz CT molecular complexity index is 1050. The van der Waals surface area contributed by atoms with Crippen molar-refractivity contribution in [2.24, 2.45) is 0 Å². The van der Waals surface area contributed by atoms with Crippen LogP contribution in [-0.2, 0) is 14.4 Å². The van der Waals surface area contributed by atoms with Gasteiger partial charge in [0, 0.05) is 30.1 Å². The fraction of sp³-hybridized carbons (Fsp3) is 0.409. The zero-order valence-electron chi connectivity index (χ0n) is 17.8. The van der Waals surface area contributed by atoms with Crippen molar-refractivity contribution in [2.75, 3.05) is 18.1 Å². The fourth-order valence-corrected chi connectivity index (χ4v) is 4.50. The first-order valence-electron chi connectivity index (χ1n) is 10.1. The summed E-state index contributed by atoms with van der Waals surface area (Å²) in [5, 5.41) is 2.99. The molecule has 1 N–H and O–H groups in total. The number of anilines is 2. The molecule has 1 aromatic carbocycles. The molecule has 2 aliphatic heterocycles. The molecule has 0 spiro atoms. The third-order valence-corrected chi connectivity index (χ3v) is 6.50. The van der Waals surface area contributed by atoms with Crippen molar-refractivity contribution in [2.45, 2.75) is 44.4 Å². The molecule has 1 fully saturated rings. The van der Waals surface area contributed by atoms with Gasteiger partial charge in [0.15, 0.2) is 5.82 Å². The lowest BCUT2D eigenvalue weighted by Crippen LogP contribution is -2.41. The molecule has 2 amide bonds. The quantitative estimate of drug-likeness (QED) is 0.699. The van der Waals surface area contributed by atoms with Gasteiger partial charge in [-0.05, 0) is 51.5 Å². The molecule has 4 rings (SSSR count). The van der Waals surface area contributed by atoms with E-state index in [1.807, 2.05) is 6.92 Å². The number of rotatable bonds is 5. The largest absolute Gasteiger partial charge is 0.478 e. The number of benzene rings is 1. The van der Waals surface area contributed by atoms with E-state index in [1.165, 1.54) is 23.0 Å². The molecular formula is C22H24FN3O4S. The number of hydrogen-bond acceptors (Lipinski definition) is 6. The minimum Gasteiger partial charge on any atom is -0.478 e. The summed E-state index contributed by atoms with van der Waals surface area (Å²) in [4.78, 5) is 30.9. The van der Waals surface area contributed by atoms with E-state index in [1.54, 1.807) is 39.0 Å². The van der Waals surface area contributed by atoms with Crippen molar-refractivity contribution in [1.29, 1.82) is 0 Å². The number of nitrogens with zero attached hydrogens (tertiary/aromatic N) is 2. The van der Waals surface area contributed by atoms with Gasteiger partial charge < -0.3 is 14.2 Å². The summed E-state index contributed by atoms with van der Waals surface area (Å²) in [5.74, 6) is -0.940. The highest BCUT2D eigenvalue weighted by molar-refractivity contribution is 7.96. The van der Waals surface area contributed by atoms with Crippen LogP contribution in [0.5, 0.6) is 5.88 Å². The molecule has 0 radical (unpaired) electrons. The predicted octanol–water partition coefficient (Wildman–Crippen LogP) is 4.09. The lowest BCUT2D eigenvalue weighted by molar-refractivity contribution is -0.121. The smallest absolute Gasteiger partial charge is 0.252 e. The molecule has 0 aliphatic carbocycles. The maximum atomic E-state index is 14.7. The highest BCUT2D eigenvalue weighted by atomic mass is 32.2. The van der Waals surface area contributed by atoms with Gasteiger partial charge in [-0.25, -0.2) is 9.37 Å². The summed E-state index contributed by atoms with van der Waals surface area (Å²) in [7, 11) is 0. The summed E-state index contributed by atoms with van der Waals surface area (Å²) in [6.45, 7) is 8.18. The maximum absolute atomic E-state index is 14.7. The van der Waals surface area contributed by atoms with Crippen molar-refractivity contribution >= 4 is 35.2 Å². The van der Waals surface area contributed by atoms with Crippen LogP contribution in [0.15, 0.2) is 30.5 Å². The molecule has 1 atom stereocenters. The van der Waals surface area contributed by atoms with Crippen molar-refractivity contribution in [3.8, 4) is 5.88 Å². The van der Waals surface area contributed by atoms with Crippen LogP contribution < -0.4 is 15.0 Å². The number of amides is 2. The van der Waals surface area contributed by atoms with Gasteiger partial charge in [-0.3, -0.25) is 14.5 Å². The van der Waals surface area contributed by atoms with E-state index in [0.717, 1.165) is 6.20 Å². The van der Waals surface area contributed by atoms with Gasteiger partial charge in [-0.2, -0.15) is 0 Å². The number of pyridine rings is 1. The standard InChI is InChI=1S/C22H24FN3O4S/c1-5-29-18-11-17(15(23)12-24-18)26-16-7-6-13(10-14(16)21(2,3)20(26)28)19(27)25-22(4)8-9-30-31-22/h6-7,10-12H,5,8-9H2,1-4H3,(H,25,27). The molecule has 7 nitrogen and oxygen atoms in total. The molecule has 2 aliphatic rings. The average Bonchev–Trinajstić information content (AvgIpc) is 3.23. The molecule has 2 aromatic rings. The Morgan fingerprint density at radius 3 is 2.77 bits per heavy atom. The number of fused-ring (bicyclic) bond motifs is 1. The van der Waals surface area contributed by atoms with E-state index in [9.17, 15) is 14.0 Å². The maximum Gasteiger partial charge on any atom is 0.252 e. The van der Waals surface area contributed by atoms with Crippen LogP contribution in [0.25, 0.3) is 0 Å². The Balaban J connectivity index is 1.72. The second-order valence-electron chi connectivity index (χ2n) is 8.24. The number of ether oxygens (including phenoxy) is 1. The van der Waals surface area contributed by atoms with Gasteiger partial charge in [0.2, 0.25) is 11.8 Å². The fourth-order valence-electron chi connectivity index (χ4n) is 3.77. The Hall–Kier alpha value is -2.65. The normalized spacial score (nSPS) is 21.8. The second kappa shape index (κ2) is 7.80. The molecule has 0 saturated carbocycles. The molecule has 31 heavy (non-hydrogen) atoms. The van der Waals surface area contributed by atoms with Crippen LogP contribution in [0.1, 0.15) is 50.0 Å². The van der Waals surface area contributed by atoms with Crippen LogP contribution in [0.2, 0.25) is 0 Å². The minimum atomic E-state index is -0.942. The average molecular weight is 446 g/mol. The van der Waals surface area contributed by atoms with Crippen LogP contribution in [-0.4, -0.2) is 34.9 Å². The van der Waals surface area contributed by atoms with Gasteiger partial charge in [0.25, 0.3) is 5.91 Å². The number of hydrogen-bond donors (Lipinski definition) is 1. The summed E-state index contributed by atoms with van der Waals surface area (Å²) in [6, 6.07) is 6.44. The van der Waals surface area contributed by atoms with Gasteiger partial charge in [0.05, 0.1) is 36.2 Å². The molecule has 1 unspecified atom stereocenters. The van der Waals surface area contributed by atoms with E-state index < -0.39 is 16.1 Å². The monoisotopic (exact) mass is 445 g/mol. The molecule has 1 saturated heterocycles. The predicted molar refractivity (Wildman–Crippen MR) is 116 cm³/mol. The molecule has 164 valence electrons. The highest BCUT2D eigenvalue weighted by Gasteiger charge is 2.46. The number of carbonyl (C=O) groups excluding carboxylic acids is 2. The lowest BCUT2D eigenvalue weighted by Gasteiger charge is -2.22. The van der Waals surface area contributed by atoms with Crippen molar-refractivity contribution in [3.05, 3.63) is 47.4 Å². The minimum absolute atomic E-state index is 0.0690. The van der Waals surface area contributed by atoms with E-state index in [4.69, 9.17) is 8.92 Å².